The summed E-state index contributed by atoms with van der Waals surface area (Å²) in [5, 5.41) is 3.41. The smallest absolute Gasteiger partial charge is 0.143 e. The summed E-state index contributed by atoms with van der Waals surface area (Å²) in [5.41, 5.74) is 3.47. The molecule has 3 heteroatoms. The van der Waals surface area contributed by atoms with Crippen LogP contribution in [0.25, 0.3) is 0 Å². The fourth-order valence-corrected chi connectivity index (χ4v) is 2.41. The SMILES string of the molecule is Fc1cc(NCc2ccccc2C2CC2)ccc1Cl. The van der Waals surface area contributed by atoms with E-state index in [4.69, 9.17) is 11.6 Å². The molecule has 0 aliphatic heterocycles. The van der Waals surface area contributed by atoms with Gasteiger partial charge in [0.2, 0.25) is 0 Å². The number of nitrogens with one attached hydrogen (secondary N) is 1. The topological polar surface area (TPSA) is 12.0 Å². The van der Waals surface area contributed by atoms with E-state index in [9.17, 15) is 4.39 Å². The molecule has 1 nitrogen and oxygen atoms in total. The minimum Gasteiger partial charge on any atom is -0.381 e. The number of hydrogen-bond donors (Lipinski definition) is 1. The lowest BCUT2D eigenvalue weighted by atomic mass is 10.0. The Morgan fingerprint density at radius 1 is 1.16 bits per heavy atom. The van der Waals surface area contributed by atoms with Gasteiger partial charge in [-0.05, 0) is 48.1 Å². The zero-order valence-corrected chi connectivity index (χ0v) is 11.3. The van der Waals surface area contributed by atoms with Crippen LogP contribution in [-0.2, 0) is 6.54 Å². The van der Waals surface area contributed by atoms with E-state index in [1.165, 1.54) is 30.0 Å². The van der Waals surface area contributed by atoms with Crippen LogP contribution in [0.4, 0.5) is 10.1 Å². The van der Waals surface area contributed by atoms with Gasteiger partial charge in [-0.25, -0.2) is 4.39 Å². The highest BCUT2D eigenvalue weighted by Crippen LogP contribution is 2.41. The monoisotopic (exact) mass is 275 g/mol. The zero-order chi connectivity index (χ0) is 13.2. The van der Waals surface area contributed by atoms with Gasteiger partial charge >= 0.3 is 0 Å². The van der Waals surface area contributed by atoms with Crippen LogP contribution in [0.1, 0.15) is 29.9 Å². The molecule has 0 amide bonds. The quantitative estimate of drug-likeness (QED) is 0.831. The predicted molar refractivity (Wildman–Crippen MR) is 77.2 cm³/mol. The molecule has 0 unspecified atom stereocenters. The lowest BCUT2D eigenvalue weighted by Crippen LogP contribution is -2.02. The minimum absolute atomic E-state index is 0.156. The first-order valence-corrected chi connectivity index (χ1v) is 6.88. The lowest BCUT2D eigenvalue weighted by molar-refractivity contribution is 0.628. The van der Waals surface area contributed by atoms with Crippen molar-refractivity contribution in [2.75, 3.05) is 5.32 Å². The molecule has 19 heavy (non-hydrogen) atoms. The second-order valence-corrected chi connectivity index (χ2v) is 5.36. The van der Waals surface area contributed by atoms with Gasteiger partial charge in [0.15, 0.2) is 0 Å². The molecule has 1 saturated carbocycles. The van der Waals surface area contributed by atoms with Crippen molar-refractivity contribution in [2.45, 2.75) is 25.3 Å². The van der Waals surface area contributed by atoms with E-state index in [0.29, 0.717) is 6.54 Å². The molecule has 0 radical (unpaired) electrons. The number of halogens is 2. The third-order valence-corrected chi connectivity index (χ3v) is 3.78. The summed E-state index contributed by atoms with van der Waals surface area (Å²) in [7, 11) is 0. The van der Waals surface area contributed by atoms with Crippen LogP contribution in [0.3, 0.4) is 0 Å². The van der Waals surface area contributed by atoms with Crippen LogP contribution < -0.4 is 5.32 Å². The highest BCUT2D eigenvalue weighted by Gasteiger charge is 2.25. The molecule has 3 rings (SSSR count). The van der Waals surface area contributed by atoms with Crippen molar-refractivity contribution < 1.29 is 4.39 Å². The van der Waals surface area contributed by atoms with Crippen molar-refractivity contribution in [3.05, 3.63) is 64.4 Å². The summed E-state index contributed by atoms with van der Waals surface area (Å²) in [6, 6.07) is 13.3. The van der Waals surface area contributed by atoms with Crippen molar-refractivity contribution in [3.8, 4) is 0 Å². The number of anilines is 1. The summed E-state index contributed by atoms with van der Waals surface area (Å²) in [6.45, 7) is 0.716. The predicted octanol–water partition coefficient (Wildman–Crippen LogP) is 4.97. The third kappa shape index (κ3) is 2.90. The van der Waals surface area contributed by atoms with Crippen molar-refractivity contribution >= 4 is 17.3 Å². The first-order valence-electron chi connectivity index (χ1n) is 6.51. The molecule has 1 aliphatic rings. The molecule has 2 aromatic rings. The molecule has 2 aromatic carbocycles. The molecule has 0 aromatic heterocycles. The van der Waals surface area contributed by atoms with E-state index < -0.39 is 0 Å². The van der Waals surface area contributed by atoms with Crippen molar-refractivity contribution in [2.24, 2.45) is 0 Å². The van der Waals surface area contributed by atoms with Gasteiger partial charge in [0.25, 0.3) is 0 Å². The molecule has 0 spiro atoms. The zero-order valence-electron chi connectivity index (χ0n) is 10.5. The maximum atomic E-state index is 13.4. The number of hydrogen-bond acceptors (Lipinski definition) is 1. The minimum atomic E-state index is -0.387. The molecule has 98 valence electrons. The van der Waals surface area contributed by atoms with Gasteiger partial charge in [0, 0.05) is 12.2 Å². The lowest BCUT2D eigenvalue weighted by Gasteiger charge is -2.11. The molecule has 0 heterocycles. The van der Waals surface area contributed by atoms with Gasteiger partial charge in [0.05, 0.1) is 5.02 Å². The van der Waals surface area contributed by atoms with Crippen molar-refractivity contribution in [1.82, 2.24) is 0 Å². The Morgan fingerprint density at radius 2 is 1.95 bits per heavy atom. The van der Waals surface area contributed by atoms with Crippen LogP contribution in [0.2, 0.25) is 5.02 Å². The van der Waals surface area contributed by atoms with E-state index in [1.807, 2.05) is 6.07 Å². The molecule has 0 saturated heterocycles. The third-order valence-electron chi connectivity index (χ3n) is 3.47. The van der Waals surface area contributed by atoms with E-state index >= 15 is 0 Å². The van der Waals surface area contributed by atoms with Crippen LogP contribution in [0.15, 0.2) is 42.5 Å². The Bertz CT molecular complexity index is 593. The van der Waals surface area contributed by atoms with Crippen molar-refractivity contribution in [1.29, 1.82) is 0 Å². The molecule has 0 bridgehead atoms. The maximum Gasteiger partial charge on any atom is 0.143 e. The van der Waals surface area contributed by atoms with Crippen LogP contribution >= 0.6 is 11.6 Å². The van der Waals surface area contributed by atoms with E-state index in [1.54, 1.807) is 12.1 Å². The molecular formula is C16H15ClFN. The highest BCUT2D eigenvalue weighted by atomic mass is 35.5. The van der Waals surface area contributed by atoms with Gasteiger partial charge < -0.3 is 5.32 Å². The largest absolute Gasteiger partial charge is 0.381 e. The summed E-state index contributed by atoms with van der Waals surface area (Å²) in [4.78, 5) is 0. The molecular weight excluding hydrogens is 261 g/mol. The Labute approximate surface area is 117 Å². The number of rotatable bonds is 4. The van der Waals surface area contributed by atoms with Crippen LogP contribution in [0.5, 0.6) is 0 Å². The molecule has 1 N–H and O–H groups in total. The van der Waals surface area contributed by atoms with E-state index in [0.717, 1.165) is 11.6 Å². The van der Waals surface area contributed by atoms with Gasteiger partial charge in [-0.2, -0.15) is 0 Å². The highest BCUT2D eigenvalue weighted by molar-refractivity contribution is 6.30. The Kier molecular flexibility index (Phi) is 3.43. The fraction of sp³-hybridized carbons (Fsp3) is 0.250. The Hall–Kier alpha value is -1.54. The van der Waals surface area contributed by atoms with Gasteiger partial charge in [0.1, 0.15) is 5.82 Å². The normalized spacial score (nSPS) is 14.4. The summed E-state index contributed by atoms with van der Waals surface area (Å²) in [6.07, 6.45) is 2.57. The second kappa shape index (κ2) is 5.22. The summed E-state index contributed by atoms with van der Waals surface area (Å²) in [5.74, 6) is 0.335. The van der Waals surface area contributed by atoms with E-state index in [2.05, 4.69) is 23.5 Å². The van der Waals surface area contributed by atoms with Gasteiger partial charge in [-0.15, -0.1) is 0 Å². The first kappa shape index (κ1) is 12.5. The van der Waals surface area contributed by atoms with Gasteiger partial charge in [-0.3, -0.25) is 0 Å². The summed E-state index contributed by atoms with van der Waals surface area (Å²) >= 11 is 5.67. The molecule has 1 aliphatic carbocycles. The molecule has 1 fully saturated rings. The Balaban J connectivity index is 1.73. The van der Waals surface area contributed by atoms with Crippen LogP contribution in [0, 0.1) is 5.82 Å². The average Bonchev–Trinajstić information content (AvgIpc) is 3.25. The standard InChI is InChI=1S/C16H15ClFN/c17-15-8-7-13(9-16(15)18)19-10-12-3-1-2-4-14(12)11-5-6-11/h1-4,7-9,11,19H,5-6,10H2. The Morgan fingerprint density at radius 3 is 2.68 bits per heavy atom. The second-order valence-electron chi connectivity index (χ2n) is 4.96. The maximum absolute atomic E-state index is 13.4. The number of benzene rings is 2. The van der Waals surface area contributed by atoms with Gasteiger partial charge in [-0.1, -0.05) is 35.9 Å². The fourth-order valence-electron chi connectivity index (χ4n) is 2.29. The van der Waals surface area contributed by atoms with Crippen molar-refractivity contribution in [3.63, 3.8) is 0 Å². The average molecular weight is 276 g/mol. The summed E-state index contributed by atoms with van der Waals surface area (Å²) < 4.78 is 13.4. The molecule has 0 atom stereocenters. The van der Waals surface area contributed by atoms with Crippen LogP contribution in [-0.4, -0.2) is 0 Å². The van der Waals surface area contributed by atoms with E-state index in [-0.39, 0.29) is 10.8 Å². The first-order chi connectivity index (χ1) is 9.24.